The van der Waals surface area contributed by atoms with Crippen LogP contribution in [-0.4, -0.2) is 30.9 Å². The fourth-order valence-corrected chi connectivity index (χ4v) is 5.45. The molecule has 9 heteroatoms. The normalized spacial score (nSPS) is 15.5. The van der Waals surface area contributed by atoms with Crippen molar-refractivity contribution in [3.05, 3.63) is 89.0 Å². The third kappa shape index (κ3) is 4.83. The zero-order chi connectivity index (χ0) is 25.1. The highest BCUT2D eigenvalue weighted by Crippen LogP contribution is 2.34. The standard InChI is InChI=1S/C26H25BrN2O5S/c1-5-33-20-12-17(18(27)14-19(20)32-4)13-21-24(30)29-23(16-10-8-7-9-11-16)22(25(31)34-6-2)15(3)28-26(29)35-21/h7-14,23H,5-6H2,1-4H3/t23-/m1/s1. The van der Waals surface area contributed by atoms with Crippen molar-refractivity contribution in [3.8, 4) is 11.5 Å². The number of aromatic nitrogens is 1. The van der Waals surface area contributed by atoms with Crippen LogP contribution in [0.15, 0.2) is 68.0 Å². The number of nitrogens with zero attached hydrogens (tertiary/aromatic N) is 2. The summed E-state index contributed by atoms with van der Waals surface area (Å²) >= 11 is 4.84. The first kappa shape index (κ1) is 24.9. The molecule has 1 aliphatic rings. The molecule has 1 aromatic heterocycles. The lowest BCUT2D eigenvalue weighted by Crippen LogP contribution is -2.39. The number of thiazole rings is 1. The Labute approximate surface area is 215 Å². The molecular formula is C26H25BrN2O5S. The number of methoxy groups -OCH3 is 1. The summed E-state index contributed by atoms with van der Waals surface area (Å²) < 4.78 is 19.2. The van der Waals surface area contributed by atoms with Gasteiger partial charge in [-0.2, -0.15) is 0 Å². The summed E-state index contributed by atoms with van der Waals surface area (Å²) in [7, 11) is 1.58. The molecule has 2 heterocycles. The molecule has 182 valence electrons. The Morgan fingerprint density at radius 1 is 1.17 bits per heavy atom. The molecule has 2 aromatic carbocycles. The van der Waals surface area contributed by atoms with Crippen molar-refractivity contribution in [1.82, 2.24) is 4.57 Å². The maximum atomic E-state index is 13.7. The lowest BCUT2D eigenvalue weighted by atomic mass is 9.96. The Balaban J connectivity index is 1.93. The molecule has 0 fully saturated rings. The molecule has 0 amide bonds. The van der Waals surface area contributed by atoms with Crippen LogP contribution in [0.4, 0.5) is 0 Å². The Morgan fingerprint density at radius 3 is 2.57 bits per heavy atom. The van der Waals surface area contributed by atoms with Crippen LogP contribution in [0.25, 0.3) is 6.08 Å². The van der Waals surface area contributed by atoms with E-state index in [1.807, 2.05) is 49.4 Å². The van der Waals surface area contributed by atoms with Gasteiger partial charge in [0.25, 0.3) is 5.56 Å². The fraction of sp³-hybridized carbons (Fsp3) is 0.269. The van der Waals surface area contributed by atoms with E-state index in [4.69, 9.17) is 14.2 Å². The number of carbonyl (C=O) groups excluding carboxylic acids is 1. The summed E-state index contributed by atoms with van der Waals surface area (Å²) in [4.78, 5) is 31.8. The Hall–Kier alpha value is -3.17. The number of carbonyl (C=O) groups is 1. The molecule has 0 aliphatic carbocycles. The highest BCUT2D eigenvalue weighted by atomic mass is 79.9. The van der Waals surface area contributed by atoms with Gasteiger partial charge in [0.15, 0.2) is 16.3 Å². The molecule has 1 aliphatic heterocycles. The van der Waals surface area contributed by atoms with Gasteiger partial charge in [0, 0.05) is 4.47 Å². The van der Waals surface area contributed by atoms with Crippen LogP contribution in [0.3, 0.4) is 0 Å². The van der Waals surface area contributed by atoms with Crippen LogP contribution < -0.4 is 24.4 Å². The third-order valence-electron chi connectivity index (χ3n) is 5.50. The average molecular weight is 557 g/mol. The van der Waals surface area contributed by atoms with Crippen molar-refractivity contribution in [3.63, 3.8) is 0 Å². The molecule has 0 radical (unpaired) electrons. The molecule has 0 saturated carbocycles. The van der Waals surface area contributed by atoms with Crippen LogP contribution in [0, 0.1) is 0 Å². The zero-order valence-corrected chi connectivity index (χ0v) is 22.2. The van der Waals surface area contributed by atoms with Crippen LogP contribution in [0.5, 0.6) is 11.5 Å². The minimum atomic E-state index is -0.632. The summed E-state index contributed by atoms with van der Waals surface area (Å²) in [5.74, 6) is 0.701. The van der Waals surface area contributed by atoms with Crippen molar-refractivity contribution in [2.24, 2.45) is 4.99 Å². The van der Waals surface area contributed by atoms with Crippen LogP contribution in [-0.2, 0) is 9.53 Å². The molecule has 3 aromatic rings. The number of rotatable bonds is 7. The van der Waals surface area contributed by atoms with Crippen molar-refractivity contribution >= 4 is 39.3 Å². The lowest BCUT2D eigenvalue weighted by molar-refractivity contribution is -0.139. The first-order chi connectivity index (χ1) is 16.9. The highest BCUT2D eigenvalue weighted by Gasteiger charge is 2.33. The van der Waals surface area contributed by atoms with E-state index in [0.717, 1.165) is 15.6 Å². The molecular weight excluding hydrogens is 532 g/mol. The van der Waals surface area contributed by atoms with Gasteiger partial charge >= 0.3 is 5.97 Å². The first-order valence-electron chi connectivity index (χ1n) is 11.1. The SMILES string of the molecule is CCOC(=O)C1=C(C)N=c2sc(=Cc3cc(OCC)c(OC)cc3Br)c(=O)n2[C@@H]1c1ccccc1. The number of fused-ring (bicyclic) bond motifs is 1. The maximum Gasteiger partial charge on any atom is 0.338 e. The summed E-state index contributed by atoms with van der Waals surface area (Å²) in [5.41, 5.74) is 2.23. The Bertz CT molecular complexity index is 1470. The van der Waals surface area contributed by atoms with Crippen molar-refractivity contribution in [2.45, 2.75) is 26.8 Å². The van der Waals surface area contributed by atoms with Gasteiger partial charge in [-0.15, -0.1) is 0 Å². The van der Waals surface area contributed by atoms with Crippen molar-refractivity contribution in [2.75, 3.05) is 20.3 Å². The molecule has 0 N–H and O–H groups in total. The molecule has 0 saturated heterocycles. The average Bonchev–Trinajstić information content (AvgIpc) is 3.15. The smallest absolute Gasteiger partial charge is 0.338 e. The van der Waals surface area contributed by atoms with Crippen LogP contribution in [0.2, 0.25) is 0 Å². The molecule has 0 unspecified atom stereocenters. The second-order valence-corrected chi connectivity index (χ2v) is 9.53. The number of hydrogen-bond acceptors (Lipinski definition) is 7. The zero-order valence-electron chi connectivity index (χ0n) is 19.8. The van der Waals surface area contributed by atoms with Crippen LogP contribution >= 0.6 is 27.3 Å². The number of hydrogen-bond donors (Lipinski definition) is 0. The van der Waals surface area contributed by atoms with Gasteiger partial charge in [-0.25, -0.2) is 9.79 Å². The van der Waals surface area contributed by atoms with E-state index in [-0.39, 0.29) is 12.2 Å². The molecule has 0 spiro atoms. The Morgan fingerprint density at radius 2 is 1.91 bits per heavy atom. The monoisotopic (exact) mass is 556 g/mol. The highest BCUT2D eigenvalue weighted by molar-refractivity contribution is 9.10. The van der Waals surface area contributed by atoms with E-state index < -0.39 is 12.0 Å². The lowest BCUT2D eigenvalue weighted by Gasteiger charge is -2.24. The second kappa shape index (κ2) is 10.6. The number of halogens is 1. The maximum absolute atomic E-state index is 13.7. The number of ether oxygens (including phenoxy) is 3. The number of benzene rings is 2. The fourth-order valence-electron chi connectivity index (χ4n) is 3.97. The number of allylic oxidation sites excluding steroid dienone is 1. The molecule has 1 atom stereocenters. The largest absolute Gasteiger partial charge is 0.493 e. The molecule has 4 rings (SSSR count). The van der Waals surface area contributed by atoms with Crippen LogP contribution in [0.1, 0.15) is 37.9 Å². The molecule has 0 bridgehead atoms. The van der Waals surface area contributed by atoms with Gasteiger partial charge in [0.1, 0.15) is 0 Å². The predicted molar refractivity (Wildman–Crippen MR) is 139 cm³/mol. The summed E-state index contributed by atoms with van der Waals surface area (Å²) in [6.07, 6.45) is 1.79. The molecule has 35 heavy (non-hydrogen) atoms. The third-order valence-corrected chi connectivity index (χ3v) is 7.17. The second-order valence-electron chi connectivity index (χ2n) is 7.67. The van der Waals surface area contributed by atoms with Gasteiger partial charge in [-0.1, -0.05) is 57.6 Å². The van der Waals surface area contributed by atoms with Crippen molar-refractivity contribution < 1.29 is 19.0 Å². The van der Waals surface area contributed by atoms with E-state index in [2.05, 4.69) is 20.9 Å². The van der Waals surface area contributed by atoms with E-state index in [9.17, 15) is 9.59 Å². The minimum Gasteiger partial charge on any atom is -0.493 e. The van der Waals surface area contributed by atoms with Gasteiger partial charge in [0.05, 0.1) is 42.2 Å². The summed E-state index contributed by atoms with van der Waals surface area (Å²) in [5, 5.41) is 0. The van der Waals surface area contributed by atoms with Gasteiger partial charge in [0.2, 0.25) is 0 Å². The first-order valence-corrected chi connectivity index (χ1v) is 12.7. The van der Waals surface area contributed by atoms with E-state index in [0.29, 0.717) is 38.7 Å². The predicted octanol–water partition coefficient (Wildman–Crippen LogP) is 3.97. The van der Waals surface area contributed by atoms with Gasteiger partial charge < -0.3 is 14.2 Å². The van der Waals surface area contributed by atoms with E-state index in [1.54, 1.807) is 31.6 Å². The molecule has 7 nitrogen and oxygen atoms in total. The van der Waals surface area contributed by atoms with Gasteiger partial charge in [-0.05, 0) is 50.1 Å². The van der Waals surface area contributed by atoms with E-state index in [1.165, 1.54) is 11.3 Å². The Kier molecular flexibility index (Phi) is 7.57. The summed E-state index contributed by atoms with van der Waals surface area (Å²) in [6, 6.07) is 12.5. The topological polar surface area (TPSA) is 79.1 Å². The quantitative estimate of drug-likeness (QED) is 0.411. The van der Waals surface area contributed by atoms with Gasteiger partial charge in [-0.3, -0.25) is 9.36 Å². The number of esters is 1. The van der Waals surface area contributed by atoms with E-state index >= 15 is 0 Å². The summed E-state index contributed by atoms with van der Waals surface area (Å²) in [6.45, 7) is 6.13. The van der Waals surface area contributed by atoms with Crippen molar-refractivity contribution in [1.29, 1.82) is 0 Å². The minimum absolute atomic E-state index is 0.231.